The van der Waals surface area contributed by atoms with Crippen molar-refractivity contribution < 1.29 is 4.79 Å². The molecule has 0 radical (unpaired) electrons. The van der Waals surface area contributed by atoms with Crippen LogP contribution < -0.4 is 0 Å². The molecule has 0 saturated carbocycles. The van der Waals surface area contributed by atoms with Gasteiger partial charge >= 0.3 is 0 Å². The first-order chi connectivity index (χ1) is 15.6. The van der Waals surface area contributed by atoms with Gasteiger partial charge < -0.3 is 0 Å². The predicted molar refractivity (Wildman–Crippen MR) is 146 cm³/mol. The Hall–Kier alpha value is -0.0400. The zero-order valence-corrected chi connectivity index (χ0v) is 23.0. The van der Waals surface area contributed by atoms with Crippen LogP contribution in [0.3, 0.4) is 0 Å². The fourth-order valence-electron chi connectivity index (χ4n) is 4.71. The van der Waals surface area contributed by atoms with E-state index in [1.807, 2.05) is 0 Å². The minimum absolute atomic E-state index is 0.177. The van der Waals surface area contributed by atoms with Crippen LogP contribution in [-0.2, 0) is 4.79 Å². The van der Waals surface area contributed by atoms with Crippen LogP contribution in [0.2, 0.25) is 0 Å². The molecule has 32 heavy (non-hydrogen) atoms. The van der Waals surface area contributed by atoms with Crippen molar-refractivity contribution in [2.45, 2.75) is 181 Å². The molecule has 0 bridgehead atoms. The maximum absolute atomic E-state index is 10.7. The molecule has 0 saturated heterocycles. The number of unbranched alkanes of at least 4 members (excludes halogenated alkanes) is 23. The third kappa shape index (κ3) is 30.0. The maximum Gasteiger partial charge on any atom is 0.221 e. The van der Waals surface area contributed by atoms with E-state index in [0.29, 0.717) is 6.42 Å². The second-order valence-electron chi connectivity index (χ2n) is 10.8. The summed E-state index contributed by atoms with van der Waals surface area (Å²) in [6.45, 7) is 4.68. The molecule has 192 valence electrons. The molecule has 0 spiro atoms. The molecule has 0 aliphatic rings. The van der Waals surface area contributed by atoms with Crippen LogP contribution in [0.15, 0.2) is 0 Å². The van der Waals surface area contributed by atoms with E-state index in [1.165, 1.54) is 148 Å². The highest BCUT2D eigenvalue weighted by atomic mass is 35.5. The number of carbonyl (C=O) groups excluding carboxylic acids is 1. The standard InChI is InChI=1S/C30H59ClO/c1-29(2)27-25-23-21-19-17-15-13-11-9-7-5-3-4-6-8-10-12-14-16-18-20-22-24-26-28-30(31)32/h29H,3-28H2,1-2H3. The molecule has 0 heterocycles. The van der Waals surface area contributed by atoms with Gasteiger partial charge in [-0.2, -0.15) is 0 Å². The Kier molecular flexibility index (Phi) is 27.2. The molecule has 0 fully saturated rings. The van der Waals surface area contributed by atoms with E-state index < -0.39 is 0 Å². The average molecular weight is 471 g/mol. The molecule has 0 N–H and O–H groups in total. The summed E-state index contributed by atoms with van der Waals surface area (Å²) in [5.74, 6) is 0.888. The van der Waals surface area contributed by atoms with Gasteiger partial charge in [0.1, 0.15) is 0 Å². The lowest BCUT2D eigenvalue weighted by Gasteiger charge is -2.05. The molecule has 0 aromatic rings. The molecule has 1 nitrogen and oxygen atoms in total. The molecular formula is C30H59ClO. The first-order valence-electron chi connectivity index (χ1n) is 14.8. The SMILES string of the molecule is CC(C)CCCCCCCCCCCCCCCCCCCCCCCCCCC(=O)Cl. The Morgan fingerprint density at radius 3 is 0.875 bits per heavy atom. The van der Waals surface area contributed by atoms with E-state index in [0.717, 1.165) is 18.8 Å². The Morgan fingerprint density at radius 1 is 0.438 bits per heavy atom. The molecule has 0 atom stereocenters. The lowest BCUT2D eigenvalue weighted by Crippen LogP contribution is -1.87. The number of halogens is 1. The van der Waals surface area contributed by atoms with Gasteiger partial charge in [-0.05, 0) is 23.9 Å². The van der Waals surface area contributed by atoms with Crippen molar-refractivity contribution >= 4 is 16.8 Å². The summed E-state index contributed by atoms with van der Waals surface area (Å²) in [6, 6.07) is 0. The smallest absolute Gasteiger partial charge is 0.221 e. The first-order valence-corrected chi connectivity index (χ1v) is 15.2. The van der Waals surface area contributed by atoms with Crippen LogP contribution >= 0.6 is 11.6 Å². The van der Waals surface area contributed by atoms with Gasteiger partial charge in [0.2, 0.25) is 5.24 Å². The van der Waals surface area contributed by atoms with Gasteiger partial charge in [-0.3, -0.25) is 4.79 Å². The number of hydrogen-bond donors (Lipinski definition) is 0. The van der Waals surface area contributed by atoms with E-state index in [9.17, 15) is 4.79 Å². The van der Waals surface area contributed by atoms with Crippen LogP contribution in [-0.4, -0.2) is 5.24 Å². The van der Waals surface area contributed by atoms with Gasteiger partial charge in [-0.1, -0.05) is 168 Å². The highest BCUT2D eigenvalue weighted by Crippen LogP contribution is 2.16. The highest BCUT2D eigenvalue weighted by molar-refractivity contribution is 6.63. The minimum atomic E-state index is -0.177. The van der Waals surface area contributed by atoms with Crippen LogP contribution in [0, 0.1) is 5.92 Å². The molecule has 0 aliphatic heterocycles. The zero-order valence-electron chi connectivity index (χ0n) is 22.2. The van der Waals surface area contributed by atoms with Gasteiger partial charge in [0.05, 0.1) is 0 Å². The molecule has 0 unspecified atom stereocenters. The average Bonchev–Trinajstić information content (AvgIpc) is 2.75. The molecular weight excluding hydrogens is 412 g/mol. The number of hydrogen-bond acceptors (Lipinski definition) is 1. The fourth-order valence-corrected chi connectivity index (χ4v) is 4.84. The lowest BCUT2D eigenvalue weighted by atomic mass is 10.0. The monoisotopic (exact) mass is 470 g/mol. The quantitative estimate of drug-likeness (QED) is 0.0860. The van der Waals surface area contributed by atoms with Crippen molar-refractivity contribution in [2.75, 3.05) is 0 Å². The van der Waals surface area contributed by atoms with Crippen LogP contribution in [0.5, 0.6) is 0 Å². The van der Waals surface area contributed by atoms with Gasteiger partial charge in [0.15, 0.2) is 0 Å². The van der Waals surface area contributed by atoms with Crippen molar-refractivity contribution in [1.29, 1.82) is 0 Å². The van der Waals surface area contributed by atoms with E-state index in [2.05, 4.69) is 13.8 Å². The topological polar surface area (TPSA) is 17.1 Å². The second-order valence-corrected chi connectivity index (χ2v) is 11.2. The highest BCUT2D eigenvalue weighted by Gasteiger charge is 1.98. The Labute approximate surface area is 208 Å². The van der Waals surface area contributed by atoms with Crippen LogP contribution in [0.1, 0.15) is 181 Å². The first kappa shape index (κ1) is 32.0. The van der Waals surface area contributed by atoms with E-state index in [4.69, 9.17) is 11.6 Å². The molecule has 2 heteroatoms. The molecule has 0 rings (SSSR count). The maximum atomic E-state index is 10.7. The van der Waals surface area contributed by atoms with Gasteiger partial charge in [-0.25, -0.2) is 0 Å². The predicted octanol–water partition coefficient (Wildman–Crippen LogP) is 11.6. The number of carbonyl (C=O) groups is 1. The summed E-state index contributed by atoms with van der Waals surface area (Å²) in [5.41, 5.74) is 0. The van der Waals surface area contributed by atoms with Crippen molar-refractivity contribution in [3.05, 3.63) is 0 Å². The summed E-state index contributed by atoms with van der Waals surface area (Å²) in [6.07, 6.45) is 35.7. The summed E-state index contributed by atoms with van der Waals surface area (Å²) >= 11 is 5.35. The summed E-state index contributed by atoms with van der Waals surface area (Å²) in [7, 11) is 0. The summed E-state index contributed by atoms with van der Waals surface area (Å²) < 4.78 is 0. The van der Waals surface area contributed by atoms with Crippen molar-refractivity contribution in [3.63, 3.8) is 0 Å². The van der Waals surface area contributed by atoms with Gasteiger partial charge in [0, 0.05) is 6.42 Å². The van der Waals surface area contributed by atoms with Gasteiger partial charge in [-0.15, -0.1) is 0 Å². The lowest BCUT2D eigenvalue weighted by molar-refractivity contribution is -0.111. The van der Waals surface area contributed by atoms with Crippen molar-refractivity contribution in [2.24, 2.45) is 5.92 Å². The molecule has 0 amide bonds. The summed E-state index contributed by atoms with van der Waals surface area (Å²) in [5, 5.41) is -0.177. The largest absolute Gasteiger partial charge is 0.281 e. The van der Waals surface area contributed by atoms with Gasteiger partial charge in [0.25, 0.3) is 0 Å². The number of rotatable bonds is 27. The second kappa shape index (κ2) is 27.2. The third-order valence-electron chi connectivity index (χ3n) is 6.90. The summed E-state index contributed by atoms with van der Waals surface area (Å²) in [4.78, 5) is 10.7. The van der Waals surface area contributed by atoms with Crippen LogP contribution in [0.25, 0.3) is 0 Å². The van der Waals surface area contributed by atoms with E-state index >= 15 is 0 Å². The minimum Gasteiger partial charge on any atom is -0.281 e. The fraction of sp³-hybridized carbons (Fsp3) is 0.967. The van der Waals surface area contributed by atoms with E-state index in [1.54, 1.807) is 0 Å². The van der Waals surface area contributed by atoms with E-state index in [-0.39, 0.29) is 5.24 Å². The molecule has 0 aliphatic carbocycles. The molecule has 0 aromatic carbocycles. The Morgan fingerprint density at radius 2 is 0.656 bits per heavy atom. The zero-order chi connectivity index (χ0) is 23.5. The van der Waals surface area contributed by atoms with Crippen LogP contribution in [0.4, 0.5) is 0 Å². The molecule has 0 aromatic heterocycles. The van der Waals surface area contributed by atoms with Crippen molar-refractivity contribution in [1.82, 2.24) is 0 Å². The third-order valence-corrected chi connectivity index (χ3v) is 7.09. The van der Waals surface area contributed by atoms with Crippen molar-refractivity contribution in [3.8, 4) is 0 Å². The Balaban J connectivity index is 3.02. The normalized spacial score (nSPS) is 11.5. The Bertz CT molecular complexity index is 366.